The smallest absolute Gasteiger partial charge is 0.193 e. The fourth-order valence-corrected chi connectivity index (χ4v) is 3.95. The zero-order valence-corrected chi connectivity index (χ0v) is 13.4. The van der Waals surface area contributed by atoms with Crippen LogP contribution in [0.15, 0.2) is 12.2 Å². The summed E-state index contributed by atoms with van der Waals surface area (Å²) < 4.78 is 11.7. The van der Waals surface area contributed by atoms with E-state index in [4.69, 9.17) is 9.16 Å². The van der Waals surface area contributed by atoms with Crippen molar-refractivity contribution in [2.24, 2.45) is 0 Å². The van der Waals surface area contributed by atoms with Crippen molar-refractivity contribution in [1.82, 2.24) is 0 Å². The summed E-state index contributed by atoms with van der Waals surface area (Å²) in [6.07, 6.45) is 13.6. The minimum Gasteiger partial charge on any atom is -0.392 e. The van der Waals surface area contributed by atoms with Crippen LogP contribution in [0.2, 0.25) is 19.1 Å². The maximum atomic E-state index is 6.11. The Balaban J connectivity index is 2.09. The highest BCUT2D eigenvalue weighted by Gasteiger charge is 2.27. The number of allylic oxidation sites excluding steroid dienone is 2. The van der Waals surface area contributed by atoms with Crippen LogP contribution in [0.4, 0.5) is 0 Å². The lowest BCUT2D eigenvalue weighted by Crippen LogP contribution is -2.34. The molecule has 1 heterocycles. The van der Waals surface area contributed by atoms with Crippen molar-refractivity contribution >= 4 is 8.32 Å². The molecular weight excluding hydrogens is 240 g/mol. The highest BCUT2D eigenvalue weighted by Crippen LogP contribution is 2.21. The Bertz CT molecular complexity index is 233. The second-order valence-corrected chi connectivity index (χ2v) is 10.0. The second-order valence-electron chi connectivity index (χ2n) is 5.84. The summed E-state index contributed by atoms with van der Waals surface area (Å²) in [6, 6.07) is 1.11. The molecule has 1 aliphatic heterocycles. The summed E-state index contributed by atoms with van der Waals surface area (Å²) in [5.41, 5.74) is 0. The molecular formula is C15H30O2Si. The molecule has 106 valence electrons. The summed E-state index contributed by atoms with van der Waals surface area (Å²) in [6.45, 7) is 7.71. The first-order valence-corrected chi connectivity index (χ1v) is 10.7. The fourth-order valence-electron chi connectivity index (χ4n) is 2.22. The molecule has 0 radical (unpaired) electrons. The molecule has 0 amide bonds. The van der Waals surface area contributed by atoms with E-state index in [1.807, 2.05) is 0 Å². The average molecular weight is 270 g/mol. The summed E-state index contributed by atoms with van der Waals surface area (Å²) in [5, 5.41) is 0. The van der Waals surface area contributed by atoms with Gasteiger partial charge in [-0.1, -0.05) is 38.3 Å². The molecule has 18 heavy (non-hydrogen) atoms. The second kappa shape index (κ2) is 8.89. The van der Waals surface area contributed by atoms with Gasteiger partial charge in [-0.3, -0.25) is 0 Å². The predicted molar refractivity (Wildman–Crippen MR) is 80.2 cm³/mol. The van der Waals surface area contributed by atoms with Gasteiger partial charge in [-0.2, -0.15) is 0 Å². The monoisotopic (exact) mass is 270 g/mol. The lowest BCUT2D eigenvalue weighted by molar-refractivity contribution is -0.0453. The Morgan fingerprint density at radius 3 is 2.72 bits per heavy atom. The summed E-state index contributed by atoms with van der Waals surface area (Å²) in [7, 11) is -1.56. The molecule has 0 aliphatic carbocycles. The van der Waals surface area contributed by atoms with Gasteiger partial charge in [0, 0.05) is 6.61 Å². The average Bonchev–Trinajstić information content (AvgIpc) is 2.80. The lowest BCUT2D eigenvalue weighted by Gasteiger charge is -2.25. The molecule has 0 aromatic heterocycles. The molecule has 1 rings (SSSR count). The van der Waals surface area contributed by atoms with E-state index in [0.29, 0.717) is 0 Å². The maximum Gasteiger partial charge on any atom is 0.193 e. The number of rotatable bonds is 9. The summed E-state index contributed by atoms with van der Waals surface area (Å²) >= 11 is 0. The topological polar surface area (TPSA) is 18.5 Å². The lowest BCUT2D eigenvalue weighted by atomic mass is 10.1. The van der Waals surface area contributed by atoms with Gasteiger partial charge in [0.25, 0.3) is 0 Å². The minimum absolute atomic E-state index is 0.0876. The van der Waals surface area contributed by atoms with Gasteiger partial charge in [0.2, 0.25) is 0 Å². The van der Waals surface area contributed by atoms with Crippen molar-refractivity contribution in [2.75, 3.05) is 6.61 Å². The van der Waals surface area contributed by atoms with Gasteiger partial charge < -0.3 is 9.16 Å². The van der Waals surface area contributed by atoms with Crippen LogP contribution in [-0.2, 0) is 9.16 Å². The Morgan fingerprint density at radius 2 is 2.06 bits per heavy atom. The zero-order chi connectivity index (χ0) is 13.3. The van der Waals surface area contributed by atoms with Crippen molar-refractivity contribution < 1.29 is 9.16 Å². The van der Waals surface area contributed by atoms with Crippen molar-refractivity contribution in [3.8, 4) is 0 Å². The van der Waals surface area contributed by atoms with Crippen LogP contribution < -0.4 is 0 Å². The third-order valence-electron chi connectivity index (χ3n) is 3.34. The number of hydrogen-bond acceptors (Lipinski definition) is 2. The van der Waals surface area contributed by atoms with Gasteiger partial charge >= 0.3 is 0 Å². The number of ether oxygens (including phenoxy) is 1. The predicted octanol–water partition coefficient (Wildman–Crippen LogP) is 4.87. The van der Waals surface area contributed by atoms with Gasteiger partial charge in [0.15, 0.2) is 8.32 Å². The quantitative estimate of drug-likeness (QED) is 0.338. The van der Waals surface area contributed by atoms with Crippen molar-refractivity contribution in [2.45, 2.75) is 77.3 Å². The third kappa shape index (κ3) is 7.34. The van der Waals surface area contributed by atoms with E-state index in [2.05, 4.69) is 32.2 Å². The molecule has 0 spiro atoms. The molecule has 0 saturated carbocycles. The SMILES string of the molecule is CCCCCC/C=C/C[Si](C)(C)OC1CCCO1. The number of unbranched alkanes of at least 4 members (excludes halogenated alkanes) is 4. The Hall–Kier alpha value is -0.123. The Labute approximate surface area is 114 Å². The normalized spacial score (nSPS) is 20.9. The molecule has 1 atom stereocenters. The molecule has 0 aromatic rings. The van der Waals surface area contributed by atoms with E-state index in [9.17, 15) is 0 Å². The van der Waals surface area contributed by atoms with Gasteiger partial charge in [-0.05, 0) is 44.8 Å². The summed E-state index contributed by atoms with van der Waals surface area (Å²) in [4.78, 5) is 0. The highest BCUT2D eigenvalue weighted by atomic mass is 28.4. The summed E-state index contributed by atoms with van der Waals surface area (Å²) in [5.74, 6) is 0. The molecule has 1 saturated heterocycles. The van der Waals surface area contributed by atoms with Crippen LogP contribution in [0.5, 0.6) is 0 Å². The van der Waals surface area contributed by atoms with Crippen molar-refractivity contribution in [1.29, 1.82) is 0 Å². The fraction of sp³-hybridized carbons (Fsp3) is 0.867. The molecule has 0 aromatic carbocycles. The largest absolute Gasteiger partial charge is 0.392 e. The van der Waals surface area contributed by atoms with Gasteiger partial charge in [0.05, 0.1) is 0 Å². The van der Waals surface area contributed by atoms with Gasteiger partial charge in [0.1, 0.15) is 6.29 Å². The first-order chi connectivity index (χ1) is 8.64. The van der Waals surface area contributed by atoms with E-state index < -0.39 is 8.32 Å². The van der Waals surface area contributed by atoms with Crippen LogP contribution >= 0.6 is 0 Å². The van der Waals surface area contributed by atoms with Crippen LogP contribution in [0.3, 0.4) is 0 Å². The first kappa shape index (κ1) is 15.9. The van der Waals surface area contributed by atoms with Crippen LogP contribution in [-0.4, -0.2) is 21.2 Å². The van der Waals surface area contributed by atoms with E-state index in [-0.39, 0.29) is 6.29 Å². The third-order valence-corrected chi connectivity index (χ3v) is 5.46. The maximum absolute atomic E-state index is 6.11. The zero-order valence-electron chi connectivity index (χ0n) is 12.4. The van der Waals surface area contributed by atoms with E-state index in [0.717, 1.165) is 25.5 Å². The Kier molecular flexibility index (Phi) is 7.87. The molecule has 1 unspecified atom stereocenters. The van der Waals surface area contributed by atoms with Gasteiger partial charge in [-0.25, -0.2) is 0 Å². The minimum atomic E-state index is -1.56. The molecule has 2 nitrogen and oxygen atoms in total. The van der Waals surface area contributed by atoms with Crippen molar-refractivity contribution in [3.63, 3.8) is 0 Å². The van der Waals surface area contributed by atoms with E-state index in [1.54, 1.807) is 0 Å². The first-order valence-electron chi connectivity index (χ1n) is 7.58. The van der Waals surface area contributed by atoms with E-state index >= 15 is 0 Å². The van der Waals surface area contributed by atoms with Crippen molar-refractivity contribution in [3.05, 3.63) is 12.2 Å². The molecule has 0 N–H and O–H groups in total. The molecule has 0 bridgehead atoms. The van der Waals surface area contributed by atoms with E-state index in [1.165, 1.54) is 32.1 Å². The molecule has 3 heteroatoms. The molecule has 1 fully saturated rings. The Morgan fingerprint density at radius 1 is 1.22 bits per heavy atom. The van der Waals surface area contributed by atoms with Crippen LogP contribution in [0.25, 0.3) is 0 Å². The number of hydrogen-bond donors (Lipinski definition) is 0. The van der Waals surface area contributed by atoms with Crippen LogP contribution in [0.1, 0.15) is 51.9 Å². The van der Waals surface area contributed by atoms with Gasteiger partial charge in [-0.15, -0.1) is 0 Å². The highest BCUT2D eigenvalue weighted by molar-refractivity contribution is 6.71. The van der Waals surface area contributed by atoms with Crippen LogP contribution in [0, 0.1) is 0 Å². The standard InChI is InChI=1S/C15H30O2Si/c1-4-5-6-7-8-9-10-14-18(2,3)17-15-12-11-13-16-15/h9-10,15H,4-8,11-14H2,1-3H3/b10-9+. The molecule has 1 aliphatic rings.